The van der Waals surface area contributed by atoms with E-state index in [1.165, 1.54) is 24.3 Å². The molecule has 7 nitrogen and oxygen atoms in total. The van der Waals surface area contributed by atoms with Crippen molar-refractivity contribution in [1.29, 1.82) is 0 Å². The highest BCUT2D eigenvalue weighted by molar-refractivity contribution is 5.94. The zero-order chi connectivity index (χ0) is 19.5. The molecule has 1 aromatic heterocycles. The number of likely N-dealkylation sites (N-methyl/N-ethyl adjacent to an activating group) is 1. The molecule has 1 amide bonds. The standard InChI is InChI=1S/C20H25FN6O/c1-24-8-10-25(11-9-24)18-6-7-19(23-22-18)26-12-14-27(15-13-26)20(28)16-2-4-17(21)5-3-16/h2-7H,8-15H2,1H3. The predicted octanol–water partition coefficient (Wildman–Crippen LogP) is 1.33. The van der Waals surface area contributed by atoms with Crippen LogP contribution in [-0.2, 0) is 0 Å². The van der Waals surface area contributed by atoms with E-state index in [-0.39, 0.29) is 11.7 Å². The van der Waals surface area contributed by atoms with Gasteiger partial charge in [0.05, 0.1) is 0 Å². The molecule has 2 fully saturated rings. The van der Waals surface area contributed by atoms with Gasteiger partial charge in [-0.15, -0.1) is 10.2 Å². The van der Waals surface area contributed by atoms with Gasteiger partial charge in [-0.3, -0.25) is 4.79 Å². The monoisotopic (exact) mass is 384 g/mol. The quantitative estimate of drug-likeness (QED) is 0.796. The van der Waals surface area contributed by atoms with Gasteiger partial charge in [-0.25, -0.2) is 4.39 Å². The molecule has 0 bridgehead atoms. The summed E-state index contributed by atoms with van der Waals surface area (Å²) in [5.41, 5.74) is 0.520. The van der Waals surface area contributed by atoms with Gasteiger partial charge in [-0.1, -0.05) is 0 Å². The first-order valence-corrected chi connectivity index (χ1v) is 9.67. The number of piperazine rings is 2. The Labute approximate surface area is 164 Å². The molecule has 28 heavy (non-hydrogen) atoms. The van der Waals surface area contributed by atoms with Crippen molar-refractivity contribution in [1.82, 2.24) is 20.0 Å². The van der Waals surface area contributed by atoms with Crippen molar-refractivity contribution >= 4 is 17.5 Å². The Hall–Kier alpha value is -2.74. The number of carbonyl (C=O) groups is 1. The van der Waals surface area contributed by atoms with Crippen LogP contribution in [0.3, 0.4) is 0 Å². The largest absolute Gasteiger partial charge is 0.353 e. The first-order chi connectivity index (χ1) is 13.6. The van der Waals surface area contributed by atoms with Crippen molar-refractivity contribution in [3.05, 3.63) is 47.8 Å². The molecular formula is C20H25FN6O. The highest BCUT2D eigenvalue weighted by atomic mass is 19.1. The number of anilines is 2. The maximum Gasteiger partial charge on any atom is 0.253 e. The Kier molecular flexibility index (Phi) is 5.38. The number of amides is 1. The molecule has 8 heteroatoms. The molecule has 2 saturated heterocycles. The fraction of sp³-hybridized carbons (Fsp3) is 0.450. The van der Waals surface area contributed by atoms with Gasteiger partial charge in [-0.2, -0.15) is 0 Å². The second kappa shape index (κ2) is 8.10. The number of hydrogen-bond donors (Lipinski definition) is 0. The van der Waals surface area contributed by atoms with Crippen LogP contribution in [0.4, 0.5) is 16.0 Å². The number of hydrogen-bond acceptors (Lipinski definition) is 6. The Morgan fingerprint density at radius 1 is 0.786 bits per heavy atom. The molecule has 0 spiro atoms. The predicted molar refractivity (Wildman–Crippen MR) is 106 cm³/mol. The van der Waals surface area contributed by atoms with Crippen LogP contribution >= 0.6 is 0 Å². The second-order valence-electron chi connectivity index (χ2n) is 7.33. The van der Waals surface area contributed by atoms with Crippen molar-refractivity contribution in [2.45, 2.75) is 0 Å². The van der Waals surface area contributed by atoms with Gasteiger partial charge in [0.2, 0.25) is 0 Å². The van der Waals surface area contributed by atoms with Crippen LogP contribution in [0.5, 0.6) is 0 Å². The summed E-state index contributed by atoms with van der Waals surface area (Å²) in [6.45, 7) is 6.63. The Morgan fingerprint density at radius 3 is 1.79 bits per heavy atom. The summed E-state index contributed by atoms with van der Waals surface area (Å²) in [4.78, 5) is 21.1. The van der Waals surface area contributed by atoms with E-state index in [4.69, 9.17) is 0 Å². The summed E-state index contributed by atoms with van der Waals surface area (Å²) in [6.07, 6.45) is 0. The molecule has 0 aliphatic carbocycles. The second-order valence-corrected chi connectivity index (χ2v) is 7.33. The SMILES string of the molecule is CN1CCN(c2ccc(N3CCN(C(=O)c4ccc(F)cc4)CC3)nn2)CC1. The minimum Gasteiger partial charge on any atom is -0.353 e. The van der Waals surface area contributed by atoms with Crippen LogP contribution in [0.2, 0.25) is 0 Å². The van der Waals surface area contributed by atoms with Gasteiger partial charge >= 0.3 is 0 Å². The highest BCUT2D eigenvalue weighted by Crippen LogP contribution is 2.18. The van der Waals surface area contributed by atoms with E-state index in [1.54, 1.807) is 4.90 Å². The van der Waals surface area contributed by atoms with Crippen LogP contribution in [0.25, 0.3) is 0 Å². The van der Waals surface area contributed by atoms with Crippen LogP contribution in [0.15, 0.2) is 36.4 Å². The van der Waals surface area contributed by atoms with E-state index in [0.29, 0.717) is 31.7 Å². The number of benzene rings is 1. The first kappa shape index (κ1) is 18.6. The van der Waals surface area contributed by atoms with Gasteiger partial charge in [0.25, 0.3) is 5.91 Å². The fourth-order valence-electron chi connectivity index (χ4n) is 3.60. The Morgan fingerprint density at radius 2 is 1.29 bits per heavy atom. The van der Waals surface area contributed by atoms with E-state index in [1.807, 2.05) is 12.1 Å². The third-order valence-electron chi connectivity index (χ3n) is 5.45. The van der Waals surface area contributed by atoms with Crippen LogP contribution in [0.1, 0.15) is 10.4 Å². The number of nitrogens with zero attached hydrogens (tertiary/aromatic N) is 6. The maximum atomic E-state index is 13.0. The topological polar surface area (TPSA) is 55.8 Å². The Balaban J connectivity index is 1.33. The minimum atomic E-state index is -0.333. The molecule has 2 aromatic rings. The number of rotatable bonds is 3. The smallest absolute Gasteiger partial charge is 0.253 e. The molecule has 0 N–H and O–H groups in total. The average molecular weight is 384 g/mol. The summed E-state index contributed by atoms with van der Waals surface area (Å²) in [6, 6.07) is 9.75. The van der Waals surface area contributed by atoms with Crippen LogP contribution in [-0.4, -0.2) is 85.3 Å². The maximum absolute atomic E-state index is 13.0. The zero-order valence-corrected chi connectivity index (χ0v) is 16.1. The van der Waals surface area contributed by atoms with E-state index in [9.17, 15) is 9.18 Å². The molecule has 1 aromatic carbocycles. The molecule has 0 unspecified atom stereocenters. The van der Waals surface area contributed by atoms with Gasteiger partial charge in [0, 0.05) is 57.9 Å². The van der Waals surface area contributed by atoms with Crippen molar-refractivity contribution in [2.24, 2.45) is 0 Å². The molecular weight excluding hydrogens is 359 g/mol. The van der Waals surface area contributed by atoms with Gasteiger partial charge in [-0.05, 0) is 43.4 Å². The van der Waals surface area contributed by atoms with Crippen LogP contribution < -0.4 is 9.80 Å². The molecule has 4 rings (SSSR count). The molecule has 148 valence electrons. The fourth-order valence-corrected chi connectivity index (χ4v) is 3.60. The summed E-state index contributed by atoms with van der Waals surface area (Å²) >= 11 is 0. The summed E-state index contributed by atoms with van der Waals surface area (Å²) in [7, 11) is 2.13. The summed E-state index contributed by atoms with van der Waals surface area (Å²) in [5.74, 6) is 1.37. The van der Waals surface area contributed by atoms with E-state index in [0.717, 1.165) is 37.8 Å². The molecule has 0 saturated carbocycles. The van der Waals surface area contributed by atoms with Crippen LogP contribution in [0, 0.1) is 5.82 Å². The number of aromatic nitrogens is 2. The van der Waals surface area contributed by atoms with E-state index < -0.39 is 0 Å². The normalized spacial score (nSPS) is 18.4. The third kappa shape index (κ3) is 4.06. The zero-order valence-electron chi connectivity index (χ0n) is 16.1. The lowest BCUT2D eigenvalue weighted by Gasteiger charge is -2.36. The lowest BCUT2D eigenvalue weighted by atomic mass is 10.2. The van der Waals surface area contributed by atoms with E-state index >= 15 is 0 Å². The molecule has 2 aliphatic rings. The lowest BCUT2D eigenvalue weighted by Crippen LogP contribution is -2.49. The highest BCUT2D eigenvalue weighted by Gasteiger charge is 2.23. The third-order valence-corrected chi connectivity index (χ3v) is 5.45. The van der Waals surface area contributed by atoms with Crippen molar-refractivity contribution in [3.8, 4) is 0 Å². The first-order valence-electron chi connectivity index (χ1n) is 9.67. The molecule has 0 atom stereocenters. The van der Waals surface area contributed by atoms with Gasteiger partial charge < -0.3 is 19.6 Å². The molecule has 3 heterocycles. The molecule has 0 radical (unpaired) electrons. The Bertz CT molecular complexity index is 796. The lowest BCUT2D eigenvalue weighted by molar-refractivity contribution is 0.0746. The number of carbonyl (C=O) groups excluding carboxylic acids is 1. The summed E-state index contributed by atoms with van der Waals surface area (Å²) in [5, 5.41) is 8.82. The summed E-state index contributed by atoms with van der Waals surface area (Å²) < 4.78 is 13.0. The van der Waals surface area contributed by atoms with E-state index in [2.05, 4.69) is 31.9 Å². The minimum absolute atomic E-state index is 0.0591. The number of halogens is 1. The molecule has 2 aliphatic heterocycles. The average Bonchev–Trinajstić information content (AvgIpc) is 2.75. The van der Waals surface area contributed by atoms with Gasteiger partial charge in [0.15, 0.2) is 11.6 Å². The van der Waals surface area contributed by atoms with Crippen molar-refractivity contribution in [3.63, 3.8) is 0 Å². The van der Waals surface area contributed by atoms with Crippen molar-refractivity contribution < 1.29 is 9.18 Å². The van der Waals surface area contributed by atoms with Gasteiger partial charge in [0.1, 0.15) is 5.82 Å². The van der Waals surface area contributed by atoms with Crippen molar-refractivity contribution in [2.75, 3.05) is 69.2 Å².